The molecule has 0 fully saturated rings. The van der Waals surface area contributed by atoms with Gasteiger partial charge in [-0.2, -0.15) is 0 Å². The zero-order valence-electron chi connectivity index (χ0n) is 34.8. The zero-order valence-corrected chi connectivity index (χ0v) is 35.7. The van der Waals surface area contributed by atoms with Crippen LogP contribution in [-0.2, 0) is 18.7 Å². The van der Waals surface area contributed by atoms with E-state index < -0.39 is 19.5 Å². The molecule has 0 bridgehead atoms. The quantitative estimate of drug-likeness (QED) is 0.0281. The van der Waals surface area contributed by atoms with Gasteiger partial charge in [-0.25, -0.2) is 4.57 Å². The number of nitrogens with zero attached hydrogens (tertiary/aromatic N) is 1. The number of phosphoric ester groups is 1. The molecule has 0 aliphatic rings. The molecular formula is C43H87NO6P+. The summed E-state index contributed by atoms with van der Waals surface area (Å²) in [4.78, 5) is 47.9. The summed E-state index contributed by atoms with van der Waals surface area (Å²) in [6.45, 7) is 6.27. The first-order valence-corrected chi connectivity index (χ1v) is 23.5. The van der Waals surface area contributed by atoms with Gasteiger partial charge in [0.1, 0.15) is 6.10 Å². The van der Waals surface area contributed by atoms with Crippen molar-refractivity contribution in [3.8, 4) is 0 Å². The minimum Gasteiger partial charge on any atom is -0.311 e. The molecule has 51 heavy (non-hydrogen) atoms. The second-order valence-corrected chi connectivity index (χ2v) is 17.7. The number of likely N-dealkylation sites (N-methyl/N-ethyl adjacent to an activating group) is 1. The molecule has 0 saturated carbocycles. The van der Waals surface area contributed by atoms with Gasteiger partial charge in [-0.15, -0.1) is 0 Å². The molecule has 8 heteroatoms. The van der Waals surface area contributed by atoms with Crippen LogP contribution in [0.2, 0.25) is 0 Å². The van der Waals surface area contributed by atoms with E-state index in [1.54, 1.807) is 28.1 Å². The van der Waals surface area contributed by atoms with Crippen LogP contribution in [0.1, 0.15) is 233 Å². The van der Waals surface area contributed by atoms with Gasteiger partial charge >= 0.3 is 7.82 Å². The lowest BCUT2D eigenvalue weighted by molar-refractivity contribution is -0.906. The van der Waals surface area contributed by atoms with E-state index in [0.29, 0.717) is 12.8 Å². The van der Waals surface area contributed by atoms with Crippen molar-refractivity contribution in [3.63, 3.8) is 0 Å². The summed E-state index contributed by atoms with van der Waals surface area (Å²) < 4.78 is 17.3. The third-order valence-electron chi connectivity index (χ3n) is 11.0. The molecule has 0 radical (unpaired) electrons. The highest BCUT2D eigenvalue weighted by Crippen LogP contribution is 2.44. The minimum absolute atomic E-state index is 0.0410. The summed E-state index contributed by atoms with van der Waals surface area (Å²) in [6, 6.07) is 0. The molecule has 0 spiro atoms. The number of unbranched alkanes of at least 4 members (excludes halogenated alkanes) is 28. The van der Waals surface area contributed by atoms with Crippen molar-refractivity contribution in [2.75, 3.05) is 21.1 Å². The van der Waals surface area contributed by atoms with E-state index in [1.807, 2.05) is 0 Å². The molecule has 0 aromatic rings. The summed E-state index contributed by atoms with van der Waals surface area (Å²) in [6.07, 6.45) is 36.4. The molecule has 0 aromatic heterocycles. The molecule has 0 aliphatic heterocycles. The molecule has 1 unspecified atom stereocenters. The number of hydrogen-bond donors (Lipinski definition) is 2. The lowest BCUT2D eigenvalue weighted by atomic mass is 9.75. The Balaban J connectivity index is 4.78. The first-order chi connectivity index (χ1) is 24.4. The predicted octanol–water partition coefficient (Wildman–Crippen LogP) is 13.0. The number of hydrogen-bond acceptors (Lipinski definition) is 4. The standard InChI is InChI=1S/C43H86NO6P/c1-7-10-12-14-16-18-20-22-24-26-28-30-32-34-36-38-40(45)43(44(4,5)6,42(9-3)50-51(47,48)49)41(46)39-37-35-33-31-29-27-25-23-21-19-17-15-13-11-8-2/h42H,7-39H2,1-6H3,(H-,47,48,49)/p+1. The maximum absolute atomic E-state index is 14.2. The molecule has 2 N–H and O–H groups in total. The Kier molecular flexibility index (Phi) is 31.4. The van der Waals surface area contributed by atoms with Gasteiger partial charge in [-0.1, -0.05) is 201 Å². The van der Waals surface area contributed by atoms with Gasteiger partial charge in [0.05, 0.1) is 21.1 Å². The maximum atomic E-state index is 14.2. The molecule has 0 aliphatic carbocycles. The highest BCUT2D eigenvalue weighted by Gasteiger charge is 2.62. The second-order valence-electron chi connectivity index (χ2n) is 16.5. The molecule has 0 aromatic carbocycles. The highest BCUT2D eigenvalue weighted by molar-refractivity contribution is 7.46. The molecular weight excluding hydrogens is 657 g/mol. The monoisotopic (exact) mass is 745 g/mol. The number of carbonyl (C=O) groups excluding carboxylic acids is 2. The van der Waals surface area contributed by atoms with E-state index in [9.17, 15) is 23.9 Å². The van der Waals surface area contributed by atoms with Gasteiger partial charge in [0.25, 0.3) is 0 Å². The zero-order chi connectivity index (χ0) is 38.3. The number of phosphoric acid groups is 1. The maximum Gasteiger partial charge on any atom is 0.470 e. The van der Waals surface area contributed by atoms with E-state index in [2.05, 4.69) is 13.8 Å². The number of rotatable bonds is 39. The fraction of sp³-hybridized carbons (Fsp3) is 0.953. The van der Waals surface area contributed by atoms with E-state index in [1.165, 1.54) is 141 Å². The van der Waals surface area contributed by atoms with E-state index in [4.69, 9.17) is 4.52 Å². The Bertz CT molecular complexity index is 836. The van der Waals surface area contributed by atoms with Crippen LogP contribution in [-0.4, -0.2) is 58.6 Å². The molecule has 0 amide bonds. The first kappa shape index (κ1) is 50.4. The highest BCUT2D eigenvalue weighted by atomic mass is 31.2. The predicted molar refractivity (Wildman–Crippen MR) is 217 cm³/mol. The van der Waals surface area contributed by atoms with Crippen LogP contribution in [0, 0.1) is 0 Å². The molecule has 7 nitrogen and oxygen atoms in total. The van der Waals surface area contributed by atoms with Crippen molar-refractivity contribution in [1.29, 1.82) is 0 Å². The Labute approximate surface area is 317 Å². The van der Waals surface area contributed by atoms with Crippen LogP contribution < -0.4 is 0 Å². The normalized spacial score (nSPS) is 13.2. The van der Waals surface area contributed by atoms with Gasteiger partial charge in [0.15, 0.2) is 0 Å². The Morgan fingerprint density at radius 3 is 0.922 bits per heavy atom. The Morgan fingerprint density at radius 2 is 0.725 bits per heavy atom. The largest absolute Gasteiger partial charge is 0.470 e. The third-order valence-corrected chi connectivity index (χ3v) is 11.6. The van der Waals surface area contributed by atoms with Gasteiger partial charge in [-0.3, -0.25) is 14.1 Å². The van der Waals surface area contributed by atoms with Crippen molar-refractivity contribution in [3.05, 3.63) is 0 Å². The van der Waals surface area contributed by atoms with Crippen LogP contribution in [0.5, 0.6) is 0 Å². The molecule has 0 rings (SSSR count). The molecule has 0 saturated heterocycles. The van der Waals surface area contributed by atoms with Crippen molar-refractivity contribution in [2.24, 2.45) is 0 Å². The van der Waals surface area contributed by atoms with Crippen molar-refractivity contribution in [2.45, 2.75) is 244 Å². The number of Topliss-reactive ketones (excluding diaryl/α,β-unsaturated/α-hetero) is 2. The SMILES string of the molecule is CCCCCCCCCCCCCCCCCC(=O)C(C(=O)CCCCCCCCCCCCCCCCC)(C(CC)OP(=O)(O)O)[N+](C)(C)C. The number of carbonyl (C=O) groups is 2. The molecule has 1 atom stereocenters. The fourth-order valence-electron chi connectivity index (χ4n) is 8.00. The first-order valence-electron chi connectivity index (χ1n) is 22.0. The summed E-state index contributed by atoms with van der Waals surface area (Å²) in [5, 5.41) is 0. The Morgan fingerprint density at radius 1 is 0.490 bits per heavy atom. The van der Waals surface area contributed by atoms with Crippen LogP contribution in [0.15, 0.2) is 0 Å². The van der Waals surface area contributed by atoms with Crippen molar-refractivity contribution < 1.29 is 32.9 Å². The topological polar surface area (TPSA) is 101 Å². The third kappa shape index (κ3) is 24.4. The van der Waals surface area contributed by atoms with Crippen LogP contribution >= 0.6 is 7.82 Å². The smallest absolute Gasteiger partial charge is 0.311 e. The Hall–Kier alpha value is -0.590. The van der Waals surface area contributed by atoms with Gasteiger partial charge < -0.3 is 14.3 Å². The van der Waals surface area contributed by atoms with Crippen LogP contribution in [0.4, 0.5) is 0 Å². The summed E-state index contributed by atoms with van der Waals surface area (Å²) in [5.74, 6) is -0.480. The second kappa shape index (κ2) is 31.7. The summed E-state index contributed by atoms with van der Waals surface area (Å²) >= 11 is 0. The molecule has 304 valence electrons. The van der Waals surface area contributed by atoms with Gasteiger partial charge in [-0.05, 0) is 19.3 Å². The average molecular weight is 745 g/mol. The summed E-state index contributed by atoms with van der Waals surface area (Å²) in [5.41, 5.74) is -1.65. The lowest BCUT2D eigenvalue weighted by Gasteiger charge is -2.47. The van der Waals surface area contributed by atoms with Crippen LogP contribution in [0.25, 0.3) is 0 Å². The molecule has 0 heterocycles. The van der Waals surface area contributed by atoms with E-state index in [-0.39, 0.29) is 35.3 Å². The van der Waals surface area contributed by atoms with Crippen LogP contribution in [0.3, 0.4) is 0 Å². The van der Waals surface area contributed by atoms with Crippen molar-refractivity contribution >= 4 is 19.4 Å². The fourth-order valence-corrected chi connectivity index (χ4v) is 8.63. The minimum atomic E-state index is -4.92. The lowest BCUT2D eigenvalue weighted by Crippen LogP contribution is -2.72. The van der Waals surface area contributed by atoms with E-state index >= 15 is 0 Å². The van der Waals surface area contributed by atoms with Gasteiger partial charge in [0.2, 0.25) is 17.1 Å². The number of ketones is 2. The van der Waals surface area contributed by atoms with E-state index in [0.717, 1.165) is 38.5 Å². The number of quaternary nitrogens is 1. The average Bonchev–Trinajstić information content (AvgIpc) is 3.06. The summed E-state index contributed by atoms with van der Waals surface area (Å²) in [7, 11) is 0.452. The van der Waals surface area contributed by atoms with Gasteiger partial charge in [0, 0.05) is 12.8 Å². The van der Waals surface area contributed by atoms with Crippen molar-refractivity contribution in [1.82, 2.24) is 0 Å².